The van der Waals surface area contributed by atoms with Gasteiger partial charge in [-0.2, -0.15) is 11.3 Å². The summed E-state index contributed by atoms with van der Waals surface area (Å²) in [6.45, 7) is 1.47. The second-order valence-corrected chi connectivity index (χ2v) is 4.66. The van der Waals surface area contributed by atoms with Crippen molar-refractivity contribution in [2.45, 2.75) is 6.92 Å². The number of amides is 1. The van der Waals surface area contributed by atoms with Crippen LogP contribution in [0.3, 0.4) is 0 Å². The van der Waals surface area contributed by atoms with Gasteiger partial charge in [-0.05, 0) is 23.6 Å². The van der Waals surface area contributed by atoms with Crippen molar-refractivity contribution < 1.29 is 9.90 Å². The Hall–Kier alpha value is -1.52. The van der Waals surface area contributed by atoms with Crippen molar-refractivity contribution in [3.05, 3.63) is 40.0 Å². The van der Waals surface area contributed by atoms with E-state index in [1.54, 1.807) is 6.07 Å². The largest absolute Gasteiger partial charge is 0.508 e. The minimum absolute atomic E-state index is 0.0765. The van der Waals surface area contributed by atoms with E-state index in [2.05, 4.69) is 0 Å². The van der Waals surface area contributed by atoms with Crippen LogP contribution >= 0.6 is 22.9 Å². The van der Waals surface area contributed by atoms with Crippen molar-refractivity contribution in [3.8, 4) is 5.75 Å². The predicted molar refractivity (Wildman–Crippen MR) is 70.3 cm³/mol. The molecule has 0 bridgehead atoms. The number of benzene rings is 1. The highest BCUT2D eigenvalue weighted by atomic mass is 35.5. The summed E-state index contributed by atoms with van der Waals surface area (Å²) in [4.78, 5) is 13.2. The molecule has 0 aliphatic rings. The first kappa shape index (κ1) is 12.0. The highest BCUT2D eigenvalue weighted by Gasteiger charge is 2.17. The SMILES string of the molecule is CC(=O)N(c1ccsc1)c1ccc(O)cc1Cl. The van der Waals surface area contributed by atoms with Gasteiger partial charge in [0.15, 0.2) is 0 Å². The molecule has 0 fully saturated rings. The lowest BCUT2D eigenvalue weighted by molar-refractivity contribution is -0.115. The zero-order chi connectivity index (χ0) is 12.4. The molecule has 1 amide bonds. The summed E-state index contributed by atoms with van der Waals surface area (Å²) >= 11 is 7.54. The number of hydrogen-bond donors (Lipinski definition) is 1. The van der Waals surface area contributed by atoms with Gasteiger partial charge < -0.3 is 5.11 Å². The molecule has 0 aliphatic carbocycles. The zero-order valence-corrected chi connectivity index (χ0v) is 10.6. The average Bonchev–Trinajstić information content (AvgIpc) is 2.74. The third-order valence-corrected chi connectivity index (χ3v) is 3.22. The monoisotopic (exact) mass is 267 g/mol. The number of rotatable bonds is 2. The van der Waals surface area contributed by atoms with Gasteiger partial charge in [-0.1, -0.05) is 11.6 Å². The molecule has 0 radical (unpaired) electrons. The molecule has 1 N–H and O–H groups in total. The first-order chi connectivity index (χ1) is 8.09. The second-order valence-electron chi connectivity index (χ2n) is 3.47. The van der Waals surface area contributed by atoms with Crippen LogP contribution in [0.4, 0.5) is 11.4 Å². The number of anilines is 2. The van der Waals surface area contributed by atoms with Gasteiger partial charge in [0.05, 0.1) is 16.4 Å². The van der Waals surface area contributed by atoms with Gasteiger partial charge in [0, 0.05) is 18.4 Å². The lowest BCUT2D eigenvalue weighted by atomic mass is 10.2. The average molecular weight is 268 g/mol. The van der Waals surface area contributed by atoms with Crippen LogP contribution in [0.25, 0.3) is 0 Å². The van der Waals surface area contributed by atoms with Crippen molar-refractivity contribution in [3.63, 3.8) is 0 Å². The van der Waals surface area contributed by atoms with E-state index in [4.69, 9.17) is 11.6 Å². The summed E-state index contributed by atoms with van der Waals surface area (Å²) in [5, 5.41) is 13.4. The predicted octanol–water partition coefficient (Wildman–Crippen LogP) is 3.79. The van der Waals surface area contributed by atoms with Crippen LogP contribution in [0.2, 0.25) is 5.02 Å². The van der Waals surface area contributed by atoms with E-state index in [1.165, 1.54) is 35.3 Å². The molecular formula is C12H10ClNO2S. The molecule has 0 saturated heterocycles. The van der Waals surface area contributed by atoms with E-state index < -0.39 is 0 Å². The zero-order valence-electron chi connectivity index (χ0n) is 9.05. The number of carbonyl (C=O) groups excluding carboxylic acids is 1. The van der Waals surface area contributed by atoms with Crippen LogP contribution in [-0.4, -0.2) is 11.0 Å². The normalized spacial score (nSPS) is 10.2. The molecule has 88 valence electrons. The van der Waals surface area contributed by atoms with Crippen molar-refractivity contribution in [1.29, 1.82) is 0 Å². The smallest absolute Gasteiger partial charge is 0.228 e. The molecule has 0 aliphatic heterocycles. The molecule has 2 aromatic rings. The second kappa shape index (κ2) is 4.77. The van der Waals surface area contributed by atoms with Crippen LogP contribution in [0, 0.1) is 0 Å². The van der Waals surface area contributed by atoms with Crippen molar-refractivity contribution >= 4 is 40.2 Å². The first-order valence-corrected chi connectivity index (χ1v) is 6.23. The Labute approximate surface area is 108 Å². The number of nitrogens with zero attached hydrogens (tertiary/aromatic N) is 1. The first-order valence-electron chi connectivity index (χ1n) is 4.91. The minimum atomic E-state index is -0.129. The van der Waals surface area contributed by atoms with Crippen LogP contribution in [0.1, 0.15) is 6.92 Å². The highest BCUT2D eigenvalue weighted by molar-refractivity contribution is 7.08. The van der Waals surface area contributed by atoms with Gasteiger partial charge in [-0.15, -0.1) is 0 Å². The van der Waals surface area contributed by atoms with E-state index in [-0.39, 0.29) is 11.7 Å². The molecule has 1 heterocycles. The Balaban J connectivity index is 2.51. The van der Waals surface area contributed by atoms with Gasteiger partial charge in [0.1, 0.15) is 5.75 Å². The van der Waals surface area contributed by atoms with E-state index >= 15 is 0 Å². The third kappa shape index (κ3) is 2.43. The van der Waals surface area contributed by atoms with Crippen LogP contribution in [0.15, 0.2) is 35.0 Å². The molecule has 0 spiro atoms. The number of halogens is 1. The summed E-state index contributed by atoms with van der Waals surface area (Å²) in [5.74, 6) is -0.0523. The fourth-order valence-electron chi connectivity index (χ4n) is 1.55. The third-order valence-electron chi connectivity index (χ3n) is 2.25. The summed E-state index contributed by atoms with van der Waals surface area (Å²) in [6.07, 6.45) is 0. The Morgan fingerprint density at radius 3 is 2.71 bits per heavy atom. The van der Waals surface area contributed by atoms with E-state index in [1.807, 2.05) is 16.8 Å². The maximum atomic E-state index is 11.7. The number of thiophene rings is 1. The maximum absolute atomic E-state index is 11.7. The molecule has 17 heavy (non-hydrogen) atoms. The van der Waals surface area contributed by atoms with E-state index in [9.17, 15) is 9.90 Å². The van der Waals surface area contributed by atoms with Crippen LogP contribution in [0.5, 0.6) is 5.75 Å². The van der Waals surface area contributed by atoms with Crippen LogP contribution < -0.4 is 4.90 Å². The van der Waals surface area contributed by atoms with Crippen LogP contribution in [-0.2, 0) is 4.79 Å². The lowest BCUT2D eigenvalue weighted by Gasteiger charge is -2.21. The van der Waals surface area contributed by atoms with Crippen molar-refractivity contribution in [1.82, 2.24) is 0 Å². The van der Waals surface area contributed by atoms with Crippen molar-refractivity contribution in [2.24, 2.45) is 0 Å². The van der Waals surface area contributed by atoms with Gasteiger partial charge in [-0.3, -0.25) is 9.69 Å². The van der Waals surface area contributed by atoms with Gasteiger partial charge >= 0.3 is 0 Å². The standard InChI is InChI=1S/C12H10ClNO2S/c1-8(15)14(9-4-5-17-7-9)12-3-2-10(16)6-11(12)13/h2-7,16H,1H3. The molecule has 3 nitrogen and oxygen atoms in total. The fraction of sp³-hybridized carbons (Fsp3) is 0.0833. The number of phenols is 1. The van der Waals surface area contributed by atoms with Crippen molar-refractivity contribution in [2.75, 3.05) is 4.90 Å². The Morgan fingerprint density at radius 2 is 2.18 bits per heavy atom. The summed E-state index contributed by atoms with van der Waals surface area (Å²) < 4.78 is 0. The lowest BCUT2D eigenvalue weighted by Crippen LogP contribution is -2.22. The number of aromatic hydroxyl groups is 1. The molecular weight excluding hydrogens is 258 g/mol. The van der Waals surface area contributed by atoms with Gasteiger partial charge in [0.25, 0.3) is 0 Å². The number of hydrogen-bond acceptors (Lipinski definition) is 3. The summed E-state index contributed by atoms with van der Waals surface area (Å²) in [6, 6.07) is 6.38. The number of phenolic OH excluding ortho intramolecular Hbond substituents is 1. The molecule has 5 heteroatoms. The molecule has 2 rings (SSSR count). The van der Waals surface area contributed by atoms with E-state index in [0.717, 1.165) is 5.69 Å². The highest BCUT2D eigenvalue weighted by Crippen LogP contribution is 2.35. The maximum Gasteiger partial charge on any atom is 0.228 e. The molecule has 1 aromatic carbocycles. The molecule has 1 aromatic heterocycles. The Kier molecular flexibility index (Phi) is 3.36. The Morgan fingerprint density at radius 1 is 1.41 bits per heavy atom. The fourth-order valence-corrected chi connectivity index (χ4v) is 2.43. The van der Waals surface area contributed by atoms with E-state index in [0.29, 0.717) is 10.7 Å². The molecule has 0 unspecified atom stereocenters. The molecule has 0 atom stereocenters. The number of carbonyl (C=O) groups is 1. The molecule has 0 saturated carbocycles. The minimum Gasteiger partial charge on any atom is -0.508 e. The Bertz CT molecular complexity index is 539. The summed E-state index contributed by atoms with van der Waals surface area (Å²) in [7, 11) is 0. The topological polar surface area (TPSA) is 40.5 Å². The summed E-state index contributed by atoms with van der Waals surface area (Å²) in [5.41, 5.74) is 1.34. The van der Waals surface area contributed by atoms with Gasteiger partial charge in [0.2, 0.25) is 5.91 Å². The van der Waals surface area contributed by atoms with Gasteiger partial charge in [-0.25, -0.2) is 0 Å². The quantitative estimate of drug-likeness (QED) is 0.899.